The fourth-order valence-corrected chi connectivity index (χ4v) is 4.20. The molecule has 2 nitrogen and oxygen atoms in total. The number of sulfone groups is 1. The van der Waals surface area contributed by atoms with Crippen molar-refractivity contribution in [2.75, 3.05) is 0 Å². The summed E-state index contributed by atoms with van der Waals surface area (Å²) in [7, 11) is -3.68. The maximum Gasteiger partial charge on any atom is 0.214 e. The largest absolute Gasteiger partial charge is 0.218 e. The van der Waals surface area contributed by atoms with Gasteiger partial charge in [-0.25, -0.2) is 8.42 Å². The van der Waals surface area contributed by atoms with E-state index in [1.54, 1.807) is 36.4 Å². The average Bonchev–Trinajstić information content (AvgIpc) is 2.70. The molecule has 0 saturated carbocycles. The van der Waals surface area contributed by atoms with Gasteiger partial charge in [-0.15, -0.1) is 0 Å². The third-order valence-corrected chi connectivity index (χ3v) is 5.87. The molecule has 0 amide bonds. The third-order valence-electron chi connectivity index (χ3n) is 4.10. The normalized spacial score (nSPS) is 10.8. The summed E-state index contributed by atoms with van der Waals surface area (Å²) in [5.41, 5.74) is 5.70. The van der Waals surface area contributed by atoms with E-state index in [2.05, 4.69) is 5.73 Å². The second-order valence-corrected chi connectivity index (χ2v) is 7.72. The van der Waals surface area contributed by atoms with Gasteiger partial charge in [0.1, 0.15) is 4.91 Å². The molecule has 0 aliphatic carbocycles. The van der Waals surface area contributed by atoms with Gasteiger partial charge in [-0.05, 0) is 24.1 Å². The summed E-state index contributed by atoms with van der Waals surface area (Å²) < 4.78 is 26.6. The van der Waals surface area contributed by atoms with Crippen LogP contribution < -0.4 is 0 Å². The van der Waals surface area contributed by atoms with E-state index < -0.39 is 9.84 Å². The zero-order valence-electron chi connectivity index (χ0n) is 14.6. The van der Waals surface area contributed by atoms with E-state index in [4.69, 9.17) is 0 Å². The molecule has 3 aromatic carbocycles. The highest BCUT2D eigenvalue weighted by molar-refractivity contribution is 8.00. The van der Waals surface area contributed by atoms with Gasteiger partial charge in [-0.3, -0.25) is 0 Å². The maximum atomic E-state index is 13.3. The van der Waals surface area contributed by atoms with Gasteiger partial charge in [0.15, 0.2) is 0 Å². The Morgan fingerprint density at radius 3 is 1.69 bits per heavy atom. The molecule has 0 N–H and O–H groups in total. The van der Waals surface area contributed by atoms with Gasteiger partial charge in [0, 0.05) is 11.1 Å². The first kappa shape index (κ1) is 17.9. The minimum Gasteiger partial charge on any atom is -0.218 e. The number of hydrogen-bond donors (Lipinski definition) is 0. The summed E-state index contributed by atoms with van der Waals surface area (Å²) >= 11 is 0. The van der Waals surface area contributed by atoms with E-state index in [-0.39, 0.29) is 9.80 Å². The zero-order chi connectivity index (χ0) is 18.4. The van der Waals surface area contributed by atoms with E-state index in [1.807, 2.05) is 61.5 Å². The molecule has 0 bridgehead atoms. The van der Waals surface area contributed by atoms with Crippen LogP contribution in [0.1, 0.15) is 24.5 Å². The predicted molar refractivity (Wildman–Crippen MR) is 107 cm³/mol. The van der Waals surface area contributed by atoms with Crippen molar-refractivity contribution in [1.82, 2.24) is 0 Å². The Labute approximate surface area is 155 Å². The number of rotatable bonds is 5. The molecule has 3 heteroatoms. The van der Waals surface area contributed by atoms with E-state index in [9.17, 15) is 8.42 Å². The summed E-state index contributed by atoms with van der Waals surface area (Å²) in [6.07, 6.45) is 0.685. The Morgan fingerprint density at radius 2 is 1.19 bits per heavy atom. The highest BCUT2D eigenvalue weighted by Crippen LogP contribution is 2.29. The quantitative estimate of drug-likeness (QED) is 0.556. The SMILES string of the molecule is CCC(=C=C(c1ccccc1)S(=O)(=O)c1ccccc1)c1ccccc1. The van der Waals surface area contributed by atoms with Crippen LogP contribution in [0, 0.1) is 0 Å². The first-order valence-electron chi connectivity index (χ1n) is 8.53. The van der Waals surface area contributed by atoms with Crippen molar-refractivity contribution in [3.05, 3.63) is 108 Å². The molecule has 0 fully saturated rings. The molecule has 26 heavy (non-hydrogen) atoms. The number of hydrogen-bond acceptors (Lipinski definition) is 2. The van der Waals surface area contributed by atoms with Gasteiger partial charge in [0.25, 0.3) is 0 Å². The van der Waals surface area contributed by atoms with Crippen molar-refractivity contribution in [3.63, 3.8) is 0 Å². The monoisotopic (exact) mass is 360 g/mol. The summed E-state index contributed by atoms with van der Waals surface area (Å²) in [5.74, 6) is 0. The van der Waals surface area contributed by atoms with Crippen molar-refractivity contribution in [3.8, 4) is 0 Å². The van der Waals surface area contributed by atoms with Crippen molar-refractivity contribution in [2.24, 2.45) is 0 Å². The summed E-state index contributed by atoms with van der Waals surface area (Å²) in [5, 5.41) is 0. The second-order valence-electron chi connectivity index (χ2n) is 5.83. The Morgan fingerprint density at radius 1 is 0.731 bits per heavy atom. The standard InChI is InChI=1S/C23H20O2S/c1-2-19(20-12-6-3-7-13-20)18-23(21-14-8-4-9-15-21)26(24,25)22-16-10-5-11-17-22/h3-17H,2H2,1H3. The molecule has 0 saturated heterocycles. The van der Waals surface area contributed by atoms with Crippen LogP contribution in [-0.4, -0.2) is 8.42 Å². The van der Waals surface area contributed by atoms with Gasteiger partial charge >= 0.3 is 0 Å². The van der Waals surface area contributed by atoms with Crippen LogP contribution in [0.4, 0.5) is 0 Å². The first-order valence-corrected chi connectivity index (χ1v) is 10.0. The molecule has 0 aliphatic heterocycles. The Bertz CT molecular complexity index is 1030. The van der Waals surface area contributed by atoms with Crippen LogP contribution in [0.2, 0.25) is 0 Å². The zero-order valence-corrected chi connectivity index (χ0v) is 15.4. The molecule has 0 spiro atoms. The molecule has 3 aromatic rings. The minimum absolute atomic E-state index is 0.199. The van der Waals surface area contributed by atoms with Gasteiger partial charge in [0.2, 0.25) is 9.84 Å². The fourth-order valence-electron chi connectivity index (χ4n) is 2.74. The highest BCUT2D eigenvalue weighted by Gasteiger charge is 2.22. The molecule has 0 unspecified atom stereocenters. The summed E-state index contributed by atoms with van der Waals surface area (Å²) in [4.78, 5) is 0.472. The van der Waals surface area contributed by atoms with E-state index in [0.29, 0.717) is 12.0 Å². The lowest BCUT2D eigenvalue weighted by Crippen LogP contribution is -2.03. The molecule has 0 atom stereocenters. The highest BCUT2D eigenvalue weighted by atomic mass is 32.2. The van der Waals surface area contributed by atoms with Crippen LogP contribution in [0.3, 0.4) is 0 Å². The van der Waals surface area contributed by atoms with E-state index in [1.165, 1.54) is 0 Å². The van der Waals surface area contributed by atoms with Gasteiger partial charge in [-0.2, -0.15) is 0 Å². The smallest absolute Gasteiger partial charge is 0.214 e. The molecule has 130 valence electrons. The summed E-state index contributed by atoms with van der Waals surface area (Å²) in [6, 6.07) is 27.5. The Balaban J connectivity index is 2.31. The molecule has 0 heterocycles. The molecule has 3 rings (SSSR count). The number of allylic oxidation sites excluding steroid dienone is 1. The topological polar surface area (TPSA) is 34.1 Å². The third kappa shape index (κ3) is 3.85. The molecular weight excluding hydrogens is 340 g/mol. The van der Waals surface area contributed by atoms with Crippen LogP contribution in [0.25, 0.3) is 10.5 Å². The lowest BCUT2D eigenvalue weighted by atomic mass is 10.0. The average molecular weight is 360 g/mol. The van der Waals surface area contributed by atoms with E-state index in [0.717, 1.165) is 11.1 Å². The predicted octanol–water partition coefficient (Wildman–Crippen LogP) is 5.59. The molecule has 0 aromatic heterocycles. The van der Waals surface area contributed by atoms with Crippen molar-refractivity contribution in [1.29, 1.82) is 0 Å². The Kier molecular flexibility index (Phi) is 5.52. The second kappa shape index (κ2) is 8.01. The molecule has 0 aliphatic rings. The molecule has 0 radical (unpaired) electrons. The number of benzene rings is 3. The Hall–Kier alpha value is -2.87. The molecular formula is C23H20O2S. The van der Waals surface area contributed by atoms with Crippen molar-refractivity contribution < 1.29 is 8.42 Å². The van der Waals surface area contributed by atoms with Crippen LogP contribution in [0.15, 0.2) is 102 Å². The van der Waals surface area contributed by atoms with Crippen LogP contribution in [-0.2, 0) is 9.84 Å². The van der Waals surface area contributed by atoms with Crippen molar-refractivity contribution >= 4 is 20.3 Å². The van der Waals surface area contributed by atoms with Crippen molar-refractivity contribution in [2.45, 2.75) is 18.2 Å². The van der Waals surface area contributed by atoms with E-state index >= 15 is 0 Å². The fraction of sp³-hybridized carbons (Fsp3) is 0.0870. The maximum absolute atomic E-state index is 13.3. The summed E-state index contributed by atoms with van der Waals surface area (Å²) in [6.45, 7) is 2.01. The minimum atomic E-state index is -3.68. The first-order chi connectivity index (χ1) is 12.6. The van der Waals surface area contributed by atoms with Gasteiger partial charge < -0.3 is 0 Å². The van der Waals surface area contributed by atoms with Gasteiger partial charge in [-0.1, -0.05) is 91.5 Å². The van der Waals surface area contributed by atoms with Crippen LogP contribution >= 0.6 is 0 Å². The van der Waals surface area contributed by atoms with Gasteiger partial charge in [0.05, 0.1) is 4.90 Å². The van der Waals surface area contributed by atoms with Crippen LogP contribution in [0.5, 0.6) is 0 Å². The lowest BCUT2D eigenvalue weighted by molar-refractivity contribution is 0.606. The lowest BCUT2D eigenvalue weighted by Gasteiger charge is -2.09.